The Morgan fingerprint density at radius 1 is 1.36 bits per heavy atom. The molecule has 1 aliphatic heterocycles. The van der Waals surface area contributed by atoms with Crippen LogP contribution in [0.1, 0.15) is 20.3 Å². The van der Waals surface area contributed by atoms with E-state index in [1.807, 2.05) is 13.0 Å². The van der Waals surface area contributed by atoms with Crippen LogP contribution in [0, 0.1) is 17.3 Å². The van der Waals surface area contributed by atoms with Crippen LogP contribution in [0.2, 0.25) is 0 Å². The maximum Gasteiger partial charge on any atom is 0.334 e. The summed E-state index contributed by atoms with van der Waals surface area (Å²) in [5.41, 5.74) is 0.286. The molecule has 0 aromatic heterocycles. The number of carbonyl (C=O) groups is 3. The van der Waals surface area contributed by atoms with Gasteiger partial charge in [-0.3, -0.25) is 9.59 Å². The molecule has 116 valence electrons. The summed E-state index contributed by atoms with van der Waals surface area (Å²) in [6, 6.07) is 0. The van der Waals surface area contributed by atoms with Gasteiger partial charge < -0.3 is 9.47 Å². The molecule has 5 atom stereocenters. The maximum absolute atomic E-state index is 12.0. The van der Waals surface area contributed by atoms with Crippen molar-refractivity contribution in [3.8, 4) is 0 Å². The van der Waals surface area contributed by atoms with Gasteiger partial charge in [-0.05, 0) is 23.5 Å². The highest BCUT2D eigenvalue weighted by molar-refractivity contribution is 6.05. The highest BCUT2D eigenvalue weighted by atomic mass is 16.6. The molecular weight excluding hydrogens is 284 g/mol. The lowest BCUT2D eigenvalue weighted by Gasteiger charge is -2.49. The van der Waals surface area contributed by atoms with Gasteiger partial charge in [-0.25, -0.2) is 4.79 Å². The second-order valence-electron chi connectivity index (χ2n) is 6.48. The van der Waals surface area contributed by atoms with Crippen LogP contribution in [-0.2, 0) is 23.9 Å². The van der Waals surface area contributed by atoms with Gasteiger partial charge in [0.25, 0.3) is 0 Å². The Bertz CT molecular complexity index is 643. The lowest BCUT2D eigenvalue weighted by Crippen LogP contribution is -2.53. The fourth-order valence-electron chi connectivity index (χ4n) is 4.00. The SMILES string of the molecule is C=C1C(=O)OC2C1C(OC(C)=O)CC1(C)C=CC(=O)C(=C)C21. The molecule has 22 heavy (non-hydrogen) atoms. The molecule has 3 aliphatic rings. The zero-order valence-electron chi connectivity index (χ0n) is 12.6. The van der Waals surface area contributed by atoms with Gasteiger partial charge in [0, 0.05) is 18.4 Å². The quantitative estimate of drug-likeness (QED) is 0.545. The minimum absolute atomic E-state index is 0.152. The van der Waals surface area contributed by atoms with Crippen LogP contribution in [0.5, 0.6) is 0 Å². The van der Waals surface area contributed by atoms with Crippen molar-refractivity contribution < 1.29 is 23.9 Å². The van der Waals surface area contributed by atoms with Crippen LogP contribution in [0.15, 0.2) is 36.5 Å². The average Bonchev–Trinajstić information content (AvgIpc) is 2.70. The first-order valence-corrected chi connectivity index (χ1v) is 7.24. The number of carbonyl (C=O) groups excluding carboxylic acids is 3. The molecule has 0 aromatic carbocycles. The van der Waals surface area contributed by atoms with E-state index in [9.17, 15) is 14.4 Å². The van der Waals surface area contributed by atoms with Crippen LogP contribution >= 0.6 is 0 Å². The van der Waals surface area contributed by atoms with Gasteiger partial charge in [-0.15, -0.1) is 0 Å². The maximum atomic E-state index is 12.0. The molecule has 3 rings (SSSR count). The number of hydrogen-bond acceptors (Lipinski definition) is 5. The minimum atomic E-state index is -0.565. The van der Waals surface area contributed by atoms with Gasteiger partial charge in [0.15, 0.2) is 5.78 Å². The summed E-state index contributed by atoms with van der Waals surface area (Å²) < 4.78 is 10.9. The van der Waals surface area contributed by atoms with E-state index in [1.54, 1.807) is 0 Å². The minimum Gasteiger partial charge on any atom is -0.462 e. The van der Waals surface area contributed by atoms with E-state index in [-0.39, 0.29) is 11.7 Å². The fraction of sp³-hybridized carbons (Fsp3) is 0.471. The van der Waals surface area contributed by atoms with Crippen LogP contribution < -0.4 is 0 Å². The highest BCUT2D eigenvalue weighted by Crippen LogP contribution is 2.55. The number of ether oxygens (including phenoxy) is 2. The van der Waals surface area contributed by atoms with Crippen LogP contribution in [0.25, 0.3) is 0 Å². The van der Waals surface area contributed by atoms with E-state index < -0.39 is 35.5 Å². The molecule has 0 amide bonds. The number of fused-ring (bicyclic) bond motifs is 3. The number of esters is 2. The first-order valence-electron chi connectivity index (χ1n) is 7.24. The van der Waals surface area contributed by atoms with Crippen LogP contribution in [0.4, 0.5) is 0 Å². The monoisotopic (exact) mass is 302 g/mol. The smallest absolute Gasteiger partial charge is 0.334 e. The molecule has 0 aromatic rings. The molecule has 5 nitrogen and oxygen atoms in total. The Kier molecular flexibility index (Phi) is 3.13. The van der Waals surface area contributed by atoms with E-state index in [0.29, 0.717) is 17.6 Å². The first kappa shape index (κ1) is 14.8. The van der Waals surface area contributed by atoms with Crippen molar-refractivity contribution in [2.24, 2.45) is 17.3 Å². The summed E-state index contributed by atoms with van der Waals surface area (Å²) in [6.45, 7) is 11.0. The van der Waals surface area contributed by atoms with Crippen molar-refractivity contribution in [2.45, 2.75) is 32.5 Å². The van der Waals surface area contributed by atoms with Crippen molar-refractivity contribution in [1.82, 2.24) is 0 Å². The van der Waals surface area contributed by atoms with Gasteiger partial charge in [0.05, 0.1) is 5.92 Å². The molecule has 0 spiro atoms. The lowest BCUT2D eigenvalue weighted by atomic mass is 9.56. The number of rotatable bonds is 1. The number of allylic oxidation sites excluding steroid dienone is 2. The van der Waals surface area contributed by atoms with E-state index >= 15 is 0 Å². The largest absolute Gasteiger partial charge is 0.462 e. The topological polar surface area (TPSA) is 69.7 Å². The highest BCUT2D eigenvalue weighted by Gasteiger charge is 2.60. The normalized spacial score (nSPS) is 40.1. The van der Waals surface area contributed by atoms with Crippen molar-refractivity contribution in [3.63, 3.8) is 0 Å². The Labute approximate surface area is 128 Å². The van der Waals surface area contributed by atoms with Crippen LogP contribution in [-0.4, -0.2) is 29.9 Å². The lowest BCUT2D eigenvalue weighted by molar-refractivity contribution is -0.161. The second kappa shape index (κ2) is 4.66. The third-order valence-corrected chi connectivity index (χ3v) is 4.97. The summed E-state index contributed by atoms with van der Waals surface area (Å²) in [5, 5.41) is 0. The van der Waals surface area contributed by atoms with Crippen molar-refractivity contribution in [1.29, 1.82) is 0 Å². The zero-order chi connectivity index (χ0) is 16.2. The second-order valence-corrected chi connectivity index (χ2v) is 6.48. The number of ketones is 1. The summed E-state index contributed by atoms with van der Waals surface area (Å²) >= 11 is 0. The van der Waals surface area contributed by atoms with E-state index in [4.69, 9.17) is 9.47 Å². The third-order valence-electron chi connectivity index (χ3n) is 4.97. The van der Waals surface area contributed by atoms with Gasteiger partial charge >= 0.3 is 11.9 Å². The molecule has 1 saturated heterocycles. The average molecular weight is 302 g/mol. The van der Waals surface area contributed by atoms with E-state index in [0.717, 1.165) is 0 Å². The molecule has 2 fully saturated rings. The predicted molar refractivity (Wildman–Crippen MR) is 77.6 cm³/mol. The molecular formula is C17H18O5. The molecule has 0 bridgehead atoms. The van der Waals surface area contributed by atoms with E-state index in [2.05, 4.69) is 13.2 Å². The molecule has 0 N–H and O–H groups in total. The van der Waals surface area contributed by atoms with Gasteiger partial charge in [-0.1, -0.05) is 26.2 Å². The van der Waals surface area contributed by atoms with Gasteiger partial charge in [-0.2, -0.15) is 0 Å². The fourth-order valence-corrected chi connectivity index (χ4v) is 4.00. The zero-order valence-corrected chi connectivity index (χ0v) is 12.6. The van der Waals surface area contributed by atoms with Crippen LogP contribution in [0.3, 0.4) is 0 Å². The molecule has 5 heteroatoms. The predicted octanol–water partition coefficient (Wildman–Crippen LogP) is 1.74. The van der Waals surface area contributed by atoms with E-state index in [1.165, 1.54) is 13.0 Å². The van der Waals surface area contributed by atoms with Crippen molar-refractivity contribution in [3.05, 3.63) is 36.5 Å². The third kappa shape index (κ3) is 1.95. The summed E-state index contributed by atoms with van der Waals surface area (Å²) in [7, 11) is 0. The Morgan fingerprint density at radius 3 is 2.68 bits per heavy atom. The van der Waals surface area contributed by atoms with Gasteiger partial charge in [0.2, 0.25) is 0 Å². The molecule has 0 radical (unpaired) electrons. The first-order chi connectivity index (χ1) is 10.2. The molecule has 1 saturated carbocycles. The summed E-state index contributed by atoms with van der Waals surface area (Å²) in [6.07, 6.45) is 2.75. The van der Waals surface area contributed by atoms with Gasteiger partial charge in [0.1, 0.15) is 12.2 Å². The molecule has 1 heterocycles. The standard InChI is InChI=1S/C17H18O5/c1-8-11(19)5-6-17(4)7-12(21-10(3)18)13-9(2)16(20)22-15(13)14(8)17/h5-6,12-15H,1-2,7H2,3-4H3. The summed E-state index contributed by atoms with van der Waals surface area (Å²) in [4.78, 5) is 35.3. The number of hydrogen-bond donors (Lipinski definition) is 0. The molecule has 2 aliphatic carbocycles. The Balaban J connectivity index is 2.07. The molecule has 5 unspecified atom stereocenters. The Morgan fingerprint density at radius 2 is 2.05 bits per heavy atom. The van der Waals surface area contributed by atoms with Crippen molar-refractivity contribution in [2.75, 3.05) is 0 Å². The summed E-state index contributed by atoms with van der Waals surface area (Å²) in [5.74, 6) is -1.80. The van der Waals surface area contributed by atoms with Crippen molar-refractivity contribution >= 4 is 17.7 Å². The Hall–Kier alpha value is -2.17.